The molecule has 1 aliphatic rings. The van der Waals surface area contributed by atoms with Crippen molar-refractivity contribution >= 4 is 44.4 Å². The van der Waals surface area contributed by atoms with E-state index < -0.39 is 0 Å². The standard InChI is InChI=1S/C12H13BrINO2/c13-8-4-9(14)6-11(5-8)17-7-12(16)15-10-2-1-3-10/h4-6,10H,1-3,7H2,(H,15,16). The van der Waals surface area contributed by atoms with E-state index in [-0.39, 0.29) is 12.5 Å². The summed E-state index contributed by atoms with van der Waals surface area (Å²) in [5, 5.41) is 2.94. The molecule has 17 heavy (non-hydrogen) atoms. The Morgan fingerprint density at radius 3 is 2.82 bits per heavy atom. The number of halogens is 2. The number of carbonyl (C=O) groups excluding carboxylic acids is 1. The van der Waals surface area contributed by atoms with Crippen LogP contribution in [0.4, 0.5) is 0 Å². The molecule has 92 valence electrons. The van der Waals surface area contributed by atoms with Crippen molar-refractivity contribution in [1.82, 2.24) is 5.32 Å². The van der Waals surface area contributed by atoms with Crippen molar-refractivity contribution in [2.24, 2.45) is 0 Å². The van der Waals surface area contributed by atoms with E-state index >= 15 is 0 Å². The molecule has 1 aromatic rings. The van der Waals surface area contributed by atoms with Gasteiger partial charge in [0.2, 0.25) is 0 Å². The van der Waals surface area contributed by atoms with E-state index in [9.17, 15) is 4.79 Å². The fourth-order valence-electron chi connectivity index (χ4n) is 1.58. The number of carbonyl (C=O) groups is 1. The summed E-state index contributed by atoms with van der Waals surface area (Å²) in [5.41, 5.74) is 0. The highest BCUT2D eigenvalue weighted by Gasteiger charge is 2.19. The maximum Gasteiger partial charge on any atom is 0.258 e. The lowest BCUT2D eigenvalue weighted by Gasteiger charge is -2.26. The minimum Gasteiger partial charge on any atom is -0.484 e. The average Bonchev–Trinajstić information content (AvgIpc) is 2.19. The van der Waals surface area contributed by atoms with E-state index in [2.05, 4.69) is 43.8 Å². The van der Waals surface area contributed by atoms with Crippen LogP contribution in [0.25, 0.3) is 0 Å². The first-order chi connectivity index (χ1) is 8.13. The van der Waals surface area contributed by atoms with Crippen molar-refractivity contribution in [1.29, 1.82) is 0 Å². The van der Waals surface area contributed by atoms with Gasteiger partial charge < -0.3 is 10.1 Å². The smallest absolute Gasteiger partial charge is 0.258 e. The van der Waals surface area contributed by atoms with Crippen molar-refractivity contribution in [2.45, 2.75) is 25.3 Å². The summed E-state index contributed by atoms with van der Waals surface area (Å²) in [6, 6.07) is 6.12. The van der Waals surface area contributed by atoms with Crippen molar-refractivity contribution < 1.29 is 9.53 Å². The van der Waals surface area contributed by atoms with Gasteiger partial charge in [-0.25, -0.2) is 0 Å². The quantitative estimate of drug-likeness (QED) is 0.776. The topological polar surface area (TPSA) is 38.3 Å². The minimum absolute atomic E-state index is 0.0373. The number of hydrogen-bond acceptors (Lipinski definition) is 2. The third-order valence-corrected chi connectivity index (χ3v) is 3.76. The Balaban J connectivity index is 1.81. The Morgan fingerprint density at radius 2 is 2.24 bits per heavy atom. The molecule has 1 N–H and O–H groups in total. The third-order valence-electron chi connectivity index (χ3n) is 2.68. The summed E-state index contributed by atoms with van der Waals surface area (Å²) in [5.74, 6) is 0.678. The van der Waals surface area contributed by atoms with Crippen LogP contribution in [0.3, 0.4) is 0 Å². The Kier molecular flexibility index (Phi) is 4.67. The van der Waals surface area contributed by atoms with Crippen LogP contribution in [0, 0.1) is 3.57 Å². The summed E-state index contributed by atoms with van der Waals surface area (Å²) in [6.07, 6.45) is 3.41. The number of hydrogen-bond donors (Lipinski definition) is 1. The summed E-state index contributed by atoms with van der Waals surface area (Å²) in [4.78, 5) is 11.5. The van der Waals surface area contributed by atoms with Crippen LogP contribution >= 0.6 is 38.5 Å². The van der Waals surface area contributed by atoms with E-state index in [1.165, 1.54) is 6.42 Å². The van der Waals surface area contributed by atoms with Gasteiger partial charge in [0.05, 0.1) is 0 Å². The van der Waals surface area contributed by atoms with Crippen LogP contribution in [-0.2, 0) is 4.79 Å². The summed E-state index contributed by atoms with van der Waals surface area (Å²) in [6.45, 7) is 0.0863. The molecule has 1 aromatic carbocycles. The second-order valence-corrected chi connectivity index (χ2v) is 6.25. The Labute approximate surface area is 123 Å². The van der Waals surface area contributed by atoms with E-state index in [1.54, 1.807) is 0 Å². The molecular weight excluding hydrogens is 397 g/mol. The lowest BCUT2D eigenvalue weighted by molar-refractivity contribution is -0.124. The highest BCUT2D eigenvalue weighted by atomic mass is 127. The van der Waals surface area contributed by atoms with Gasteiger partial charge in [-0.2, -0.15) is 0 Å². The zero-order valence-corrected chi connectivity index (χ0v) is 13.0. The molecule has 1 saturated carbocycles. The van der Waals surface area contributed by atoms with Gasteiger partial charge in [-0.1, -0.05) is 15.9 Å². The van der Waals surface area contributed by atoms with E-state index in [0.717, 1.165) is 20.9 Å². The third kappa shape index (κ3) is 4.13. The fourth-order valence-corrected chi connectivity index (χ4v) is 3.13. The SMILES string of the molecule is O=C(COc1cc(Br)cc(I)c1)NC1CCC1. The predicted octanol–water partition coefficient (Wildman–Crippen LogP) is 3.10. The largest absolute Gasteiger partial charge is 0.484 e. The van der Waals surface area contributed by atoms with E-state index in [4.69, 9.17) is 4.74 Å². The zero-order valence-electron chi connectivity index (χ0n) is 9.21. The van der Waals surface area contributed by atoms with Gasteiger partial charge in [0, 0.05) is 14.1 Å². The zero-order chi connectivity index (χ0) is 12.3. The molecule has 1 aliphatic carbocycles. The van der Waals surface area contributed by atoms with Gasteiger partial charge in [-0.15, -0.1) is 0 Å². The monoisotopic (exact) mass is 409 g/mol. The molecule has 1 amide bonds. The molecular formula is C12H13BrINO2. The van der Waals surface area contributed by atoms with Crippen LogP contribution in [0.1, 0.15) is 19.3 Å². The van der Waals surface area contributed by atoms with Gasteiger partial charge in [-0.3, -0.25) is 4.79 Å². The maximum absolute atomic E-state index is 11.5. The predicted molar refractivity (Wildman–Crippen MR) is 78.1 cm³/mol. The molecule has 3 nitrogen and oxygen atoms in total. The Bertz CT molecular complexity index is 401. The lowest BCUT2D eigenvalue weighted by Crippen LogP contribution is -2.41. The summed E-state index contributed by atoms with van der Waals surface area (Å²) < 4.78 is 7.48. The second-order valence-electron chi connectivity index (χ2n) is 4.09. The fraction of sp³-hybridized carbons (Fsp3) is 0.417. The van der Waals surface area contributed by atoms with Gasteiger partial charge in [0.1, 0.15) is 5.75 Å². The normalized spacial score (nSPS) is 15.2. The van der Waals surface area contributed by atoms with Gasteiger partial charge in [0.15, 0.2) is 6.61 Å². The lowest BCUT2D eigenvalue weighted by atomic mass is 9.93. The van der Waals surface area contributed by atoms with E-state index in [0.29, 0.717) is 11.8 Å². The number of rotatable bonds is 4. The van der Waals surface area contributed by atoms with Crippen LogP contribution in [0.2, 0.25) is 0 Å². The van der Waals surface area contributed by atoms with Crippen molar-refractivity contribution in [3.05, 3.63) is 26.2 Å². The molecule has 0 bridgehead atoms. The van der Waals surface area contributed by atoms with E-state index in [1.807, 2.05) is 18.2 Å². The molecule has 0 aliphatic heterocycles. The number of nitrogens with one attached hydrogen (secondary N) is 1. The molecule has 0 atom stereocenters. The molecule has 0 unspecified atom stereocenters. The molecule has 0 saturated heterocycles. The van der Waals surface area contributed by atoms with Gasteiger partial charge in [0.25, 0.3) is 5.91 Å². The maximum atomic E-state index is 11.5. The van der Waals surface area contributed by atoms with Crippen molar-refractivity contribution in [2.75, 3.05) is 6.61 Å². The Hall–Kier alpha value is -0.300. The minimum atomic E-state index is -0.0373. The Morgan fingerprint density at radius 1 is 1.47 bits per heavy atom. The van der Waals surface area contributed by atoms with Gasteiger partial charge >= 0.3 is 0 Å². The molecule has 1 fully saturated rings. The average molecular weight is 410 g/mol. The molecule has 0 aromatic heterocycles. The highest BCUT2D eigenvalue weighted by molar-refractivity contribution is 14.1. The molecule has 2 rings (SSSR count). The number of benzene rings is 1. The summed E-state index contributed by atoms with van der Waals surface area (Å²) >= 11 is 5.61. The molecule has 0 spiro atoms. The van der Waals surface area contributed by atoms with Crippen molar-refractivity contribution in [3.63, 3.8) is 0 Å². The van der Waals surface area contributed by atoms with Crippen LogP contribution in [0.5, 0.6) is 5.75 Å². The van der Waals surface area contributed by atoms with Crippen molar-refractivity contribution in [3.8, 4) is 5.75 Å². The number of ether oxygens (including phenoxy) is 1. The molecule has 0 heterocycles. The second kappa shape index (κ2) is 6.04. The van der Waals surface area contributed by atoms with Crippen LogP contribution < -0.4 is 10.1 Å². The summed E-state index contributed by atoms with van der Waals surface area (Å²) in [7, 11) is 0. The van der Waals surface area contributed by atoms with Gasteiger partial charge in [-0.05, 0) is 60.1 Å². The highest BCUT2D eigenvalue weighted by Crippen LogP contribution is 2.22. The molecule has 5 heteroatoms. The first-order valence-electron chi connectivity index (χ1n) is 5.52. The first kappa shape index (κ1) is 13.1. The first-order valence-corrected chi connectivity index (χ1v) is 7.39. The number of amides is 1. The van der Waals surface area contributed by atoms with Crippen LogP contribution in [0.15, 0.2) is 22.7 Å². The van der Waals surface area contributed by atoms with Crippen LogP contribution in [-0.4, -0.2) is 18.6 Å². The molecule has 0 radical (unpaired) electrons.